The molecule has 0 N–H and O–H groups in total. The second-order valence-corrected chi connectivity index (χ2v) is 9.67. The number of aryl methyl sites for hydroxylation is 1. The number of benzene rings is 1. The fourth-order valence-corrected chi connectivity index (χ4v) is 4.53. The molecule has 0 radical (unpaired) electrons. The number of nitrogens with zero attached hydrogens (tertiary/aromatic N) is 1. The number of hydrogen-bond acceptors (Lipinski definition) is 4. The van der Waals surface area contributed by atoms with Crippen LogP contribution in [0.15, 0.2) is 40.5 Å². The molecule has 0 atom stereocenters. The molecule has 0 unspecified atom stereocenters. The van der Waals surface area contributed by atoms with Crippen LogP contribution >= 0.6 is 22.7 Å². The number of aromatic nitrogens is 1. The maximum atomic E-state index is 14.2. The fourth-order valence-electron chi connectivity index (χ4n) is 2.57. The van der Waals surface area contributed by atoms with Crippen LogP contribution < -0.4 is 14.8 Å². The molecule has 0 amide bonds. The van der Waals surface area contributed by atoms with Crippen LogP contribution in [0.2, 0.25) is 0 Å². The average molecular weight is 416 g/mol. The fraction of sp³-hybridized carbons (Fsp3) is 0.273. The van der Waals surface area contributed by atoms with E-state index in [2.05, 4.69) is 0 Å². The first kappa shape index (κ1) is 20.4. The molecule has 146 valence electrons. The number of ketones is 1. The van der Waals surface area contributed by atoms with Gasteiger partial charge in [0.05, 0.1) is 11.1 Å². The van der Waals surface area contributed by atoms with Gasteiger partial charge >= 0.3 is 0 Å². The minimum absolute atomic E-state index is 0.0742. The largest absolute Gasteiger partial charge is 0.294 e. The zero-order valence-corrected chi connectivity index (χ0v) is 17.9. The Kier molecular flexibility index (Phi) is 5.82. The SMILES string of the molecule is Cc1ccsc1/C=c1\s/c(=C/C(=O)C(C)(C)C)n(Cc2ccccc2F)c1=O. The monoisotopic (exact) mass is 415 g/mol. The van der Waals surface area contributed by atoms with E-state index in [4.69, 9.17) is 0 Å². The van der Waals surface area contributed by atoms with E-state index in [1.807, 2.05) is 45.2 Å². The lowest BCUT2D eigenvalue weighted by atomic mass is 9.91. The molecule has 0 aliphatic rings. The van der Waals surface area contributed by atoms with Gasteiger partial charge in [-0.25, -0.2) is 4.39 Å². The van der Waals surface area contributed by atoms with E-state index >= 15 is 0 Å². The van der Waals surface area contributed by atoms with Gasteiger partial charge in [-0.3, -0.25) is 14.2 Å². The average Bonchev–Trinajstić information content (AvgIpc) is 3.14. The summed E-state index contributed by atoms with van der Waals surface area (Å²) in [6.45, 7) is 7.58. The Morgan fingerprint density at radius 2 is 1.93 bits per heavy atom. The first-order valence-corrected chi connectivity index (χ1v) is 10.6. The third-order valence-corrected chi connectivity index (χ3v) is 6.41. The Labute approximate surface area is 171 Å². The van der Waals surface area contributed by atoms with E-state index in [1.165, 1.54) is 28.0 Å². The van der Waals surface area contributed by atoms with Crippen LogP contribution in [0.4, 0.5) is 4.39 Å². The molecule has 0 aliphatic carbocycles. The Hall–Kier alpha value is -2.31. The minimum Gasteiger partial charge on any atom is -0.294 e. The molecule has 0 fully saturated rings. The summed E-state index contributed by atoms with van der Waals surface area (Å²) in [6, 6.07) is 8.38. The van der Waals surface area contributed by atoms with Gasteiger partial charge in [-0.1, -0.05) is 39.0 Å². The van der Waals surface area contributed by atoms with Gasteiger partial charge in [0.2, 0.25) is 0 Å². The first-order valence-electron chi connectivity index (χ1n) is 8.92. The van der Waals surface area contributed by atoms with E-state index in [9.17, 15) is 14.0 Å². The van der Waals surface area contributed by atoms with Gasteiger partial charge in [0, 0.05) is 21.9 Å². The molecule has 6 heteroatoms. The molecule has 0 bridgehead atoms. The summed E-state index contributed by atoms with van der Waals surface area (Å²) in [6.07, 6.45) is 3.36. The summed E-state index contributed by atoms with van der Waals surface area (Å²) in [5, 5.41) is 1.98. The Morgan fingerprint density at radius 1 is 1.21 bits per heavy atom. The van der Waals surface area contributed by atoms with E-state index in [0.29, 0.717) is 14.8 Å². The lowest BCUT2D eigenvalue weighted by Crippen LogP contribution is -2.33. The van der Waals surface area contributed by atoms with Gasteiger partial charge in [-0.05, 0) is 36.1 Å². The predicted molar refractivity (Wildman–Crippen MR) is 115 cm³/mol. The topological polar surface area (TPSA) is 39.1 Å². The number of rotatable bonds is 4. The van der Waals surface area contributed by atoms with Crippen LogP contribution in [0.5, 0.6) is 0 Å². The summed E-state index contributed by atoms with van der Waals surface area (Å²) >= 11 is 2.82. The van der Waals surface area contributed by atoms with Gasteiger partial charge in [0.15, 0.2) is 5.78 Å². The maximum absolute atomic E-state index is 14.2. The predicted octanol–water partition coefficient (Wildman–Crippen LogP) is 3.69. The Balaban J connectivity index is 2.21. The van der Waals surface area contributed by atoms with Crippen LogP contribution in [0.1, 0.15) is 36.8 Å². The third-order valence-electron chi connectivity index (χ3n) is 4.38. The summed E-state index contributed by atoms with van der Waals surface area (Å²) in [7, 11) is 0. The second-order valence-electron chi connectivity index (χ2n) is 7.66. The van der Waals surface area contributed by atoms with Crippen LogP contribution in [0, 0.1) is 18.2 Å². The standard InChI is InChI=1S/C22H22FNO2S2/c1-14-9-10-27-17(14)11-18-21(26)24(13-15-7-5-6-8-16(15)23)20(28-18)12-19(25)22(2,3)4/h5-12H,13H2,1-4H3/b18-11-,20-12+. The van der Waals surface area contributed by atoms with Crippen molar-refractivity contribution in [2.75, 3.05) is 0 Å². The van der Waals surface area contributed by atoms with Crippen molar-refractivity contribution in [2.45, 2.75) is 34.2 Å². The zero-order valence-electron chi connectivity index (χ0n) is 16.3. The summed E-state index contributed by atoms with van der Waals surface area (Å²) < 4.78 is 16.7. The molecule has 28 heavy (non-hydrogen) atoms. The summed E-state index contributed by atoms with van der Waals surface area (Å²) in [4.78, 5) is 26.6. The number of thiophene rings is 1. The highest BCUT2D eigenvalue weighted by Gasteiger charge is 2.19. The van der Waals surface area contributed by atoms with Crippen LogP contribution in [-0.4, -0.2) is 10.4 Å². The van der Waals surface area contributed by atoms with Gasteiger partial charge in [0.1, 0.15) is 10.5 Å². The smallest absolute Gasteiger partial charge is 0.269 e. The number of thiazole rings is 1. The molecular formula is C22H22FNO2S2. The Morgan fingerprint density at radius 3 is 2.54 bits per heavy atom. The van der Waals surface area contributed by atoms with Crippen molar-refractivity contribution in [3.05, 3.63) is 77.1 Å². The lowest BCUT2D eigenvalue weighted by Gasteiger charge is -2.13. The number of Topliss-reactive ketones (excluding diaryl/α,β-unsaturated/α-hetero) is 1. The van der Waals surface area contributed by atoms with Gasteiger partial charge in [-0.15, -0.1) is 22.7 Å². The maximum Gasteiger partial charge on any atom is 0.269 e. The second kappa shape index (κ2) is 7.97. The molecular weight excluding hydrogens is 393 g/mol. The van der Waals surface area contributed by atoms with E-state index in [1.54, 1.807) is 29.5 Å². The molecule has 0 saturated carbocycles. The highest BCUT2D eigenvalue weighted by Crippen LogP contribution is 2.16. The summed E-state index contributed by atoms with van der Waals surface area (Å²) in [5.41, 5.74) is 0.736. The van der Waals surface area contributed by atoms with Crippen molar-refractivity contribution in [3.63, 3.8) is 0 Å². The van der Waals surface area contributed by atoms with Gasteiger partial charge in [-0.2, -0.15) is 0 Å². The number of halogens is 1. The molecule has 3 nitrogen and oxygen atoms in total. The highest BCUT2D eigenvalue weighted by molar-refractivity contribution is 7.11. The van der Waals surface area contributed by atoms with Crippen molar-refractivity contribution in [1.82, 2.24) is 4.57 Å². The number of carbonyl (C=O) groups excluding carboxylic acids is 1. The van der Waals surface area contributed by atoms with Gasteiger partial charge in [0.25, 0.3) is 5.56 Å². The van der Waals surface area contributed by atoms with Crippen molar-refractivity contribution in [1.29, 1.82) is 0 Å². The van der Waals surface area contributed by atoms with Crippen molar-refractivity contribution in [3.8, 4) is 0 Å². The van der Waals surface area contributed by atoms with Crippen molar-refractivity contribution >= 4 is 40.6 Å². The molecule has 0 spiro atoms. The van der Waals surface area contributed by atoms with Crippen molar-refractivity contribution < 1.29 is 9.18 Å². The molecule has 3 aromatic rings. The highest BCUT2D eigenvalue weighted by atomic mass is 32.1. The first-order chi connectivity index (χ1) is 13.2. The normalized spacial score (nSPS) is 13.3. The zero-order chi connectivity index (χ0) is 20.5. The molecule has 2 heterocycles. The number of hydrogen-bond donors (Lipinski definition) is 0. The lowest BCUT2D eigenvalue weighted by molar-refractivity contribution is -0.120. The molecule has 1 aromatic carbocycles. The number of carbonyl (C=O) groups is 1. The van der Waals surface area contributed by atoms with E-state index < -0.39 is 5.41 Å². The molecule has 0 aliphatic heterocycles. The van der Waals surface area contributed by atoms with E-state index in [0.717, 1.165) is 10.4 Å². The van der Waals surface area contributed by atoms with Crippen molar-refractivity contribution in [2.24, 2.45) is 5.41 Å². The van der Waals surface area contributed by atoms with Crippen LogP contribution in [0.3, 0.4) is 0 Å². The van der Waals surface area contributed by atoms with E-state index in [-0.39, 0.29) is 23.7 Å². The van der Waals surface area contributed by atoms with Crippen LogP contribution in [0.25, 0.3) is 12.2 Å². The molecule has 3 rings (SSSR count). The van der Waals surface area contributed by atoms with Crippen LogP contribution in [-0.2, 0) is 11.3 Å². The molecule has 0 saturated heterocycles. The quantitative estimate of drug-likeness (QED) is 0.652. The third kappa shape index (κ3) is 4.39. The molecule has 2 aromatic heterocycles. The minimum atomic E-state index is -0.558. The summed E-state index contributed by atoms with van der Waals surface area (Å²) in [5.74, 6) is -0.441. The Bertz CT molecular complexity index is 1190. The van der Waals surface area contributed by atoms with Gasteiger partial charge < -0.3 is 0 Å².